The molecule has 1 amide bonds. The quantitative estimate of drug-likeness (QED) is 0.650. The molecule has 0 aromatic carbocycles. The zero-order valence-corrected chi connectivity index (χ0v) is 7.89. The molecule has 3 heteroatoms. The van der Waals surface area contributed by atoms with Gasteiger partial charge in [-0.2, -0.15) is 0 Å². The van der Waals surface area contributed by atoms with Crippen LogP contribution in [0.1, 0.15) is 33.1 Å². The van der Waals surface area contributed by atoms with Crippen molar-refractivity contribution in [2.45, 2.75) is 39.2 Å². The summed E-state index contributed by atoms with van der Waals surface area (Å²) in [4.78, 5) is 11.2. The Bertz CT molecular complexity index is 175. The summed E-state index contributed by atoms with van der Waals surface area (Å²) in [5, 5.41) is 2.87. The molecule has 0 aromatic rings. The first kappa shape index (κ1) is 9.52. The van der Waals surface area contributed by atoms with Crippen LogP contribution in [-0.2, 0) is 4.79 Å². The highest BCUT2D eigenvalue weighted by Crippen LogP contribution is 2.43. The molecule has 70 valence electrons. The Labute approximate surface area is 73.7 Å². The lowest BCUT2D eigenvalue weighted by Gasteiger charge is -2.13. The molecule has 1 aliphatic carbocycles. The lowest BCUT2D eigenvalue weighted by atomic mass is 10.1. The van der Waals surface area contributed by atoms with Gasteiger partial charge in [0.05, 0.1) is 6.04 Å². The van der Waals surface area contributed by atoms with Crippen LogP contribution in [0.2, 0.25) is 0 Å². The van der Waals surface area contributed by atoms with Gasteiger partial charge in [0.15, 0.2) is 0 Å². The number of carbonyl (C=O) groups excluding carboxylic acids is 1. The van der Waals surface area contributed by atoms with Gasteiger partial charge in [0, 0.05) is 6.54 Å². The second kappa shape index (κ2) is 3.44. The van der Waals surface area contributed by atoms with Crippen LogP contribution in [0.4, 0.5) is 0 Å². The summed E-state index contributed by atoms with van der Waals surface area (Å²) in [6.07, 6.45) is 3.17. The first-order chi connectivity index (χ1) is 5.57. The van der Waals surface area contributed by atoms with Crippen LogP contribution < -0.4 is 11.1 Å². The van der Waals surface area contributed by atoms with Crippen molar-refractivity contribution in [1.82, 2.24) is 5.32 Å². The van der Waals surface area contributed by atoms with Crippen LogP contribution in [-0.4, -0.2) is 18.5 Å². The van der Waals surface area contributed by atoms with E-state index in [1.165, 1.54) is 12.8 Å². The van der Waals surface area contributed by atoms with E-state index >= 15 is 0 Å². The third-order valence-electron chi connectivity index (χ3n) is 2.57. The number of rotatable bonds is 4. The van der Waals surface area contributed by atoms with E-state index in [0.29, 0.717) is 11.8 Å². The summed E-state index contributed by atoms with van der Waals surface area (Å²) in [7, 11) is 0. The highest BCUT2D eigenvalue weighted by Gasteiger charge is 2.37. The fraction of sp³-hybridized carbons (Fsp3) is 0.889. The average Bonchev–Trinajstić information content (AvgIpc) is 2.79. The molecule has 1 saturated carbocycles. The zero-order valence-electron chi connectivity index (χ0n) is 7.89. The molecule has 1 aliphatic rings. The third-order valence-corrected chi connectivity index (χ3v) is 2.57. The third kappa shape index (κ3) is 2.48. The molecular formula is C9H18N2O. The average molecular weight is 170 g/mol. The molecule has 1 unspecified atom stereocenters. The zero-order chi connectivity index (χ0) is 9.19. The van der Waals surface area contributed by atoms with Crippen molar-refractivity contribution in [3.63, 3.8) is 0 Å². The Balaban J connectivity index is 2.18. The summed E-state index contributed by atoms with van der Waals surface area (Å²) >= 11 is 0. The first-order valence-electron chi connectivity index (χ1n) is 4.61. The van der Waals surface area contributed by atoms with Gasteiger partial charge in [-0.1, -0.05) is 13.8 Å². The van der Waals surface area contributed by atoms with E-state index in [4.69, 9.17) is 5.73 Å². The minimum Gasteiger partial charge on any atom is -0.354 e. The number of hydrogen-bond acceptors (Lipinski definition) is 2. The second-order valence-corrected chi connectivity index (χ2v) is 4.04. The van der Waals surface area contributed by atoms with Crippen LogP contribution >= 0.6 is 0 Å². The smallest absolute Gasteiger partial charge is 0.236 e. The summed E-state index contributed by atoms with van der Waals surface area (Å²) in [6, 6.07) is -0.327. The number of amides is 1. The second-order valence-electron chi connectivity index (χ2n) is 4.04. The minimum atomic E-state index is -0.327. The molecule has 1 rings (SSSR count). The molecule has 0 radical (unpaired) electrons. The van der Waals surface area contributed by atoms with Crippen molar-refractivity contribution < 1.29 is 4.79 Å². The van der Waals surface area contributed by atoms with Crippen molar-refractivity contribution in [1.29, 1.82) is 0 Å². The summed E-state index contributed by atoms with van der Waals surface area (Å²) in [6.45, 7) is 4.90. The van der Waals surface area contributed by atoms with E-state index in [0.717, 1.165) is 6.54 Å². The van der Waals surface area contributed by atoms with Crippen LogP contribution in [0.3, 0.4) is 0 Å². The van der Waals surface area contributed by atoms with Crippen molar-refractivity contribution in [2.24, 2.45) is 11.1 Å². The SMILES string of the molecule is CCC(N)C(=O)NCC1(C)CC1. The standard InChI is InChI=1S/C9H18N2O/c1-3-7(10)8(12)11-6-9(2)4-5-9/h7H,3-6,10H2,1-2H3,(H,11,12). The largest absolute Gasteiger partial charge is 0.354 e. The fourth-order valence-corrected chi connectivity index (χ4v) is 1.01. The molecule has 0 saturated heterocycles. The minimum absolute atomic E-state index is 0.00868. The fourth-order valence-electron chi connectivity index (χ4n) is 1.01. The van der Waals surface area contributed by atoms with Gasteiger partial charge in [-0.15, -0.1) is 0 Å². The molecule has 3 N–H and O–H groups in total. The van der Waals surface area contributed by atoms with Gasteiger partial charge in [0.1, 0.15) is 0 Å². The summed E-state index contributed by atoms with van der Waals surface area (Å²) in [5.41, 5.74) is 5.93. The maximum atomic E-state index is 11.2. The van der Waals surface area contributed by atoms with E-state index in [9.17, 15) is 4.79 Å². The van der Waals surface area contributed by atoms with Crippen molar-refractivity contribution in [3.8, 4) is 0 Å². The Morgan fingerprint density at radius 1 is 1.67 bits per heavy atom. The van der Waals surface area contributed by atoms with Gasteiger partial charge in [-0.05, 0) is 24.7 Å². The van der Waals surface area contributed by atoms with Crippen LogP contribution in [0.5, 0.6) is 0 Å². The van der Waals surface area contributed by atoms with Crippen LogP contribution in [0.25, 0.3) is 0 Å². The summed E-state index contributed by atoms with van der Waals surface area (Å²) in [5.74, 6) is -0.00868. The predicted molar refractivity (Wildman–Crippen MR) is 48.6 cm³/mol. The van der Waals surface area contributed by atoms with Crippen molar-refractivity contribution in [3.05, 3.63) is 0 Å². The molecular weight excluding hydrogens is 152 g/mol. The van der Waals surface area contributed by atoms with Crippen molar-refractivity contribution >= 4 is 5.91 Å². The molecule has 0 aliphatic heterocycles. The molecule has 0 heterocycles. The Kier molecular flexibility index (Phi) is 2.73. The highest BCUT2D eigenvalue weighted by molar-refractivity contribution is 5.81. The van der Waals surface area contributed by atoms with Gasteiger partial charge in [0.2, 0.25) is 5.91 Å². The lowest BCUT2D eigenvalue weighted by molar-refractivity contribution is -0.122. The normalized spacial score (nSPS) is 21.6. The molecule has 1 atom stereocenters. The number of hydrogen-bond donors (Lipinski definition) is 2. The predicted octanol–water partition coefficient (Wildman–Crippen LogP) is 0.640. The van der Waals surface area contributed by atoms with E-state index in [-0.39, 0.29) is 11.9 Å². The Morgan fingerprint density at radius 3 is 2.67 bits per heavy atom. The molecule has 0 spiro atoms. The lowest BCUT2D eigenvalue weighted by Crippen LogP contribution is -2.41. The van der Waals surface area contributed by atoms with Gasteiger partial charge < -0.3 is 11.1 Å². The van der Waals surface area contributed by atoms with E-state index in [1.807, 2.05) is 6.92 Å². The molecule has 1 fully saturated rings. The number of nitrogens with one attached hydrogen (secondary N) is 1. The van der Waals surface area contributed by atoms with Gasteiger partial charge in [-0.3, -0.25) is 4.79 Å². The van der Waals surface area contributed by atoms with Gasteiger partial charge >= 0.3 is 0 Å². The number of nitrogens with two attached hydrogens (primary N) is 1. The van der Waals surface area contributed by atoms with E-state index < -0.39 is 0 Å². The van der Waals surface area contributed by atoms with Gasteiger partial charge in [0.25, 0.3) is 0 Å². The topological polar surface area (TPSA) is 55.1 Å². The van der Waals surface area contributed by atoms with E-state index in [2.05, 4.69) is 12.2 Å². The monoisotopic (exact) mass is 170 g/mol. The number of carbonyl (C=O) groups is 1. The maximum absolute atomic E-state index is 11.2. The summed E-state index contributed by atoms with van der Waals surface area (Å²) < 4.78 is 0. The Hall–Kier alpha value is -0.570. The van der Waals surface area contributed by atoms with Crippen LogP contribution in [0, 0.1) is 5.41 Å². The van der Waals surface area contributed by atoms with Crippen LogP contribution in [0.15, 0.2) is 0 Å². The van der Waals surface area contributed by atoms with E-state index in [1.54, 1.807) is 0 Å². The Morgan fingerprint density at radius 2 is 2.25 bits per heavy atom. The van der Waals surface area contributed by atoms with Crippen molar-refractivity contribution in [2.75, 3.05) is 6.54 Å². The molecule has 0 bridgehead atoms. The first-order valence-corrected chi connectivity index (χ1v) is 4.61. The molecule has 12 heavy (non-hydrogen) atoms. The highest BCUT2D eigenvalue weighted by atomic mass is 16.2. The molecule has 3 nitrogen and oxygen atoms in total. The molecule has 0 aromatic heterocycles. The van der Waals surface area contributed by atoms with Gasteiger partial charge in [-0.25, -0.2) is 0 Å². The maximum Gasteiger partial charge on any atom is 0.236 e.